The maximum atomic E-state index is 10.8. The van der Waals surface area contributed by atoms with E-state index in [1.807, 2.05) is 19.9 Å². The van der Waals surface area contributed by atoms with Crippen molar-refractivity contribution in [1.29, 1.82) is 5.26 Å². The molecule has 0 radical (unpaired) electrons. The Bertz CT molecular complexity index is 444. The molecule has 1 aromatic carbocycles. The average Bonchev–Trinajstić information content (AvgIpc) is 2.20. The first-order valence-electron chi connectivity index (χ1n) is 4.71. The summed E-state index contributed by atoms with van der Waals surface area (Å²) >= 11 is 0. The summed E-state index contributed by atoms with van der Waals surface area (Å²) in [6.07, 6.45) is 0. The zero-order valence-corrected chi connectivity index (χ0v) is 9.03. The minimum Gasteiger partial charge on any atom is -0.481 e. The molecule has 3 heteroatoms. The van der Waals surface area contributed by atoms with Crippen molar-refractivity contribution in [2.75, 3.05) is 0 Å². The molecular formula is C12H13NO2. The average molecular weight is 203 g/mol. The quantitative estimate of drug-likeness (QED) is 0.802. The van der Waals surface area contributed by atoms with Gasteiger partial charge in [0, 0.05) is 0 Å². The van der Waals surface area contributed by atoms with Crippen molar-refractivity contribution in [3.63, 3.8) is 0 Å². The van der Waals surface area contributed by atoms with Crippen molar-refractivity contribution in [1.82, 2.24) is 0 Å². The molecule has 1 N–H and O–H groups in total. The van der Waals surface area contributed by atoms with Gasteiger partial charge < -0.3 is 5.11 Å². The molecule has 0 saturated carbocycles. The van der Waals surface area contributed by atoms with E-state index in [1.54, 1.807) is 13.0 Å². The van der Waals surface area contributed by atoms with Crippen LogP contribution < -0.4 is 0 Å². The van der Waals surface area contributed by atoms with Gasteiger partial charge in [-0.3, -0.25) is 4.79 Å². The number of carboxylic acids is 1. The molecule has 15 heavy (non-hydrogen) atoms. The summed E-state index contributed by atoms with van der Waals surface area (Å²) in [7, 11) is 0. The molecule has 0 bridgehead atoms. The summed E-state index contributed by atoms with van der Waals surface area (Å²) in [5.74, 6) is -1.45. The van der Waals surface area contributed by atoms with Crippen molar-refractivity contribution >= 4 is 5.97 Å². The van der Waals surface area contributed by atoms with E-state index < -0.39 is 11.9 Å². The molecule has 0 fully saturated rings. The minimum atomic E-state index is -0.873. The third-order valence-corrected chi connectivity index (χ3v) is 2.68. The highest BCUT2D eigenvalue weighted by Gasteiger charge is 2.15. The molecule has 0 aliphatic heterocycles. The summed E-state index contributed by atoms with van der Waals surface area (Å²) in [5.41, 5.74) is 3.11. The number of carboxylic acid groups (broad SMARTS) is 1. The van der Waals surface area contributed by atoms with Gasteiger partial charge in [-0.2, -0.15) is 5.26 Å². The van der Waals surface area contributed by atoms with Gasteiger partial charge in [-0.1, -0.05) is 6.07 Å². The zero-order valence-electron chi connectivity index (χ0n) is 9.03. The molecule has 3 nitrogen and oxygen atoms in total. The Morgan fingerprint density at radius 1 is 1.47 bits per heavy atom. The Kier molecular flexibility index (Phi) is 3.11. The summed E-state index contributed by atoms with van der Waals surface area (Å²) in [4.78, 5) is 10.8. The molecule has 1 atom stereocenters. The maximum absolute atomic E-state index is 10.8. The molecule has 0 aromatic heterocycles. The number of benzene rings is 1. The van der Waals surface area contributed by atoms with Gasteiger partial charge in [-0.05, 0) is 43.5 Å². The Morgan fingerprint density at radius 2 is 2.07 bits per heavy atom. The van der Waals surface area contributed by atoms with Crippen LogP contribution in [0.25, 0.3) is 0 Å². The van der Waals surface area contributed by atoms with Crippen LogP contribution in [-0.2, 0) is 4.79 Å². The Hall–Kier alpha value is -1.82. The van der Waals surface area contributed by atoms with E-state index in [0.717, 1.165) is 11.1 Å². The van der Waals surface area contributed by atoms with Gasteiger partial charge in [0.05, 0.1) is 17.6 Å². The highest BCUT2D eigenvalue weighted by atomic mass is 16.4. The lowest BCUT2D eigenvalue weighted by Gasteiger charge is -2.10. The molecule has 0 aliphatic rings. The van der Waals surface area contributed by atoms with Crippen LogP contribution in [0.4, 0.5) is 0 Å². The number of hydrogen-bond donors (Lipinski definition) is 1. The SMILES string of the molecule is Cc1cc(C(C)C(=O)O)cc(C#N)c1C. The standard InChI is InChI=1S/C12H13NO2/c1-7-4-10(9(3)12(14)15)5-11(6-13)8(7)2/h4-5,9H,1-3H3,(H,14,15). The van der Waals surface area contributed by atoms with Gasteiger partial charge in [0.25, 0.3) is 0 Å². The molecule has 0 heterocycles. The van der Waals surface area contributed by atoms with Crippen LogP contribution in [0.1, 0.15) is 35.1 Å². The lowest BCUT2D eigenvalue weighted by atomic mass is 9.94. The zero-order chi connectivity index (χ0) is 11.6. The van der Waals surface area contributed by atoms with Crippen molar-refractivity contribution in [3.05, 3.63) is 34.4 Å². The third kappa shape index (κ3) is 2.16. The second-order valence-electron chi connectivity index (χ2n) is 3.68. The Morgan fingerprint density at radius 3 is 2.53 bits per heavy atom. The molecule has 1 aromatic rings. The number of carbonyl (C=O) groups is 1. The second-order valence-corrected chi connectivity index (χ2v) is 3.68. The Labute approximate surface area is 89.0 Å². The number of nitrogens with zero attached hydrogens (tertiary/aromatic N) is 1. The smallest absolute Gasteiger partial charge is 0.310 e. The summed E-state index contributed by atoms with van der Waals surface area (Å²) in [6, 6.07) is 5.56. The van der Waals surface area contributed by atoms with Crippen LogP contribution in [0.3, 0.4) is 0 Å². The Balaban J connectivity index is 3.30. The van der Waals surface area contributed by atoms with E-state index in [9.17, 15) is 4.79 Å². The molecule has 1 rings (SSSR count). The number of nitriles is 1. The number of aryl methyl sites for hydroxylation is 1. The molecule has 0 spiro atoms. The fourth-order valence-electron chi connectivity index (χ4n) is 1.40. The van der Waals surface area contributed by atoms with E-state index >= 15 is 0 Å². The molecular weight excluding hydrogens is 190 g/mol. The molecule has 1 unspecified atom stereocenters. The van der Waals surface area contributed by atoms with Crippen LogP contribution in [0, 0.1) is 25.2 Å². The van der Waals surface area contributed by atoms with Crippen LogP contribution in [0.5, 0.6) is 0 Å². The fourth-order valence-corrected chi connectivity index (χ4v) is 1.40. The van der Waals surface area contributed by atoms with Gasteiger partial charge in [0.15, 0.2) is 0 Å². The van der Waals surface area contributed by atoms with Crippen molar-refractivity contribution in [2.45, 2.75) is 26.7 Å². The number of aliphatic carboxylic acids is 1. The van der Waals surface area contributed by atoms with Crippen LogP contribution in [0.15, 0.2) is 12.1 Å². The molecule has 0 saturated heterocycles. The van der Waals surface area contributed by atoms with Gasteiger partial charge in [-0.15, -0.1) is 0 Å². The highest BCUT2D eigenvalue weighted by molar-refractivity contribution is 5.76. The number of hydrogen-bond acceptors (Lipinski definition) is 2. The fraction of sp³-hybridized carbons (Fsp3) is 0.333. The van der Waals surface area contributed by atoms with Gasteiger partial charge in [-0.25, -0.2) is 0 Å². The van der Waals surface area contributed by atoms with E-state index in [4.69, 9.17) is 10.4 Å². The monoisotopic (exact) mass is 203 g/mol. The van der Waals surface area contributed by atoms with Gasteiger partial charge >= 0.3 is 5.97 Å². The molecule has 0 aliphatic carbocycles. The van der Waals surface area contributed by atoms with E-state index in [2.05, 4.69) is 6.07 Å². The van der Waals surface area contributed by atoms with Crippen LogP contribution in [0.2, 0.25) is 0 Å². The van der Waals surface area contributed by atoms with Crippen molar-refractivity contribution in [3.8, 4) is 6.07 Å². The van der Waals surface area contributed by atoms with E-state index in [1.165, 1.54) is 0 Å². The third-order valence-electron chi connectivity index (χ3n) is 2.68. The number of rotatable bonds is 2. The topological polar surface area (TPSA) is 61.1 Å². The first-order valence-corrected chi connectivity index (χ1v) is 4.71. The lowest BCUT2D eigenvalue weighted by molar-refractivity contribution is -0.138. The lowest BCUT2D eigenvalue weighted by Crippen LogP contribution is -2.08. The van der Waals surface area contributed by atoms with Crippen molar-refractivity contribution in [2.24, 2.45) is 0 Å². The van der Waals surface area contributed by atoms with E-state index in [0.29, 0.717) is 11.1 Å². The summed E-state index contributed by atoms with van der Waals surface area (Å²) < 4.78 is 0. The second kappa shape index (κ2) is 4.14. The predicted molar refractivity (Wildman–Crippen MR) is 56.7 cm³/mol. The summed E-state index contributed by atoms with van der Waals surface area (Å²) in [6.45, 7) is 5.37. The summed E-state index contributed by atoms with van der Waals surface area (Å²) in [5, 5.41) is 17.8. The van der Waals surface area contributed by atoms with Crippen molar-refractivity contribution < 1.29 is 9.90 Å². The maximum Gasteiger partial charge on any atom is 0.310 e. The predicted octanol–water partition coefficient (Wildman–Crippen LogP) is 2.36. The molecule has 0 amide bonds. The van der Waals surface area contributed by atoms with Gasteiger partial charge in [0.1, 0.15) is 0 Å². The van der Waals surface area contributed by atoms with Crippen LogP contribution in [-0.4, -0.2) is 11.1 Å². The van der Waals surface area contributed by atoms with Gasteiger partial charge in [0.2, 0.25) is 0 Å². The largest absolute Gasteiger partial charge is 0.481 e. The first-order chi connectivity index (χ1) is 6.97. The van der Waals surface area contributed by atoms with Crippen LogP contribution >= 0.6 is 0 Å². The normalized spacial score (nSPS) is 11.9. The molecule has 78 valence electrons. The minimum absolute atomic E-state index is 0.554. The van der Waals surface area contributed by atoms with E-state index in [-0.39, 0.29) is 0 Å². The first kappa shape index (κ1) is 11.3. The highest BCUT2D eigenvalue weighted by Crippen LogP contribution is 2.22.